The maximum Gasteiger partial charge on any atom is 0.293 e. The molecule has 0 amide bonds. The number of rotatable bonds is 6. The number of nitro groups is 1. The molecular formula is C10H16N2O5. The van der Waals surface area contributed by atoms with Crippen LogP contribution in [0.5, 0.6) is 0 Å². The lowest BCUT2D eigenvalue weighted by Gasteiger charge is -2.31. The summed E-state index contributed by atoms with van der Waals surface area (Å²) in [5.74, 6) is 0. The van der Waals surface area contributed by atoms with Gasteiger partial charge in [0, 0.05) is 18.9 Å². The molecule has 3 N–H and O–H groups in total. The quantitative estimate of drug-likeness (QED) is 0.338. The van der Waals surface area contributed by atoms with Gasteiger partial charge in [0.1, 0.15) is 0 Å². The zero-order valence-electron chi connectivity index (χ0n) is 9.50. The molecule has 17 heavy (non-hydrogen) atoms. The molecule has 7 nitrogen and oxygen atoms in total. The van der Waals surface area contributed by atoms with E-state index < -0.39 is 16.9 Å². The maximum absolute atomic E-state index is 10.9. The Morgan fingerprint density at radius 1 is 1.71 bits per heavy atom. The highest BCUT2D eigenvalue weighted by atomic mass is 16.6. The average molecular weight is 244 g/mol. The van der Waals surface area contributed by atoms with Crippen molar-refractivity contribution in [2.75, 3.05) is 13.7 Å². The molecule has 1 rings (SSSR count). The van der Waals surface area contributed by atoms with Gasteiger partial charge in [-0.1, -0.05) is 12.2 Å². The van der Waals surface area contributed by atoms with E-state index in [1.165, 1.54) is 6.08 Å². The monoisotopic (exact) mass is 244 g/mol. The number of ether oxygens (including phenoxy) is 1. The standard InChI is InChI=1S/C10H16N2O5/c1-11-10(17-7-5-9(13)14)6-3-2-4-8(10)12(15)16/h2-4,9,11,13-14H,5-7H2,1H3. The van der Waals surface area contributed by atoms with Crippen molar-refractivity contribution >= 4 is 0 Å². The number of aliphatic hydroxyl groups excluding tert-OH is 1. The maximum atomic E-state index is 10.9. The van der Waals surface area contributed by atoms with Crippen LogP contribution in [0.25, 0.3) is 0 Å². The smallest absolute Gasteiger partial charge is 0.293 e. The summed E-state index contributed by atoms with van der Waals surface area (Å²) in [5, 5.41) is 31.1. The molecule has 0 saturated heterocycles. The summed E-state index contributed by atoms with van der Waals surface area (Å²) in [6.07, 6.45) is 3.55. The Kier molecular flexibility index (Phi) is 4.76. The van der Waals surface area contributed by atoms with Crippen LogP contribution in [0.15, 0.2) is 23.9 Å². The molecule has 0 spiro atoms. The second kappa shape index (κ2) is 5.87. The van der Waals surface area contributed by atoms with Crippen LogP contribution in [0.3, 0.4) is 0 Å². The second-order valence-electron chi connectivity index (χ2n) is 3.64. The molecule has 0 saturated carbocycles. The second-order valence-corrected chi connectivity index (χ2v) is 3.64. The molecule has 0 aromatic rings. The SMILES string of the molecule is CNC1(OCCC(O)O)CC=CC=C1[N+](=O)[O-]. The average Bonchev–Trinajstić information content (AvgIpc) is 2.28. The van der Waals surface area contributed by atoms with Crippen molar-refractivity contribution in [1.82, 2.24) is 5.32 Å². The predicted molar refractivity (Wildman–Crippen MR) is 59.4 cm³/mol. The zero-order valence-corrected chi connectivity index (χ0v) is 9.50. The van der Waals surface area contributed by atoms with Crippen LogP contribution in [0.2, 0.25) is 0 Å². The van der Waals surface area contributed by atoms with Gasteiger partial charge in [0.25, 0.3) is 5.70 Å². The summed E-state index contributed by atoms with van der Waals surface area (Å²) < 4.78 is 5.41. The van der Waals surface area contributed by atoms with Gasteiger partial charge in [-0.15, -0.1) is 0 Å². The van der Waals surface area contributed by atoms with Crippen molar-refractivity contribution in [3.05, 3.63) is 34.0 Å². The van der Waals surface area contributed by atoms with Crippen molar-refractivity contribution in [3.8, 4) is 0 Å². The van der Waals surface area contributed by atoms with E-state index in [-0.39, 0.29) is 18.7 Å². The summed E-state index contributed by atoms with van der Waals surface area (Å²) in [5.41, 5.74) is -1.29. The summed E-state index contributed by atoms with van der Waals surface area (Å²) in [4.78, 5) is 10.4. The topological polar surface area (TPSA) is 105 Å². The number of allylic oxidation sites excluding steroid dienone is 2. The summed E-state index contributed by atoms with van der Waals surface area (Å²) in [6, 6.07) is 0. The fraction of sp³-hybridized carbons (Fsp3) is 0.600. The lowest BCUT2D eigenvalue weighted by Crippen LogP contribution is -2.50. The molecule has 1 aliphatic rings. The first kappa shape index (κ1) is 13.8. The summed E-state index contributed by atoms with van der Waals surface area (Å²) >= 11 is 0. The van der Waals surface area contributed by atoms with Gasteiger partial charge in [-0.3, -0.25) is 15.4 Å². The molecular weight excluding hydrogens is 228 g/mol. The fourth-order valence-corrected chi connectivity index (χ4v) is 1.61. The van der Waals surface area contributed by atoms with Crippen LogP contribution in [0.4, 0.5) is 0 Å². The number of aliphatic hydroxyl groups is 2. The molecule has 7 heteroatoms. The van der Waals surface area contributed by atoms with Crippen LogP contribution in [0.1, 0.15) is 12.8 Å². The lowest BCUT2D eigenvalue weighted by atomic mass is 10.0. The first-order valence-electron chi connectivity index (χ1n) is 5.22. The van der Waals surface area contributed by atoms with Gasteiger partial charge in [0.05, 0.1) is 11.5 Å². The van der Waals surface area contributed by atoms with Crippen molar-refractivity contribution in [2.45, 2.75) is 24.9 Å². The normalized spacial score (nSPS) is 23.9. The van der Waals surface area contributed by atoms with E-state index in [4.69, 9.17) is 14.9 Å². The molecule has 0 bridgehead atoms. The lowest BCUT2D eigenvalue weighted by molar-refractivity contribution is -0.448. The van der Waals surface area contributed by atoms with Gasteiger partial charge in [0.15, 0.2) is 6.29 Å². The molecule has 1 unspecified atom stereocenters. The fourth-order valence-electron chi connectivity index (χ4n) is 1.61. The molecule has 0 aliphatic heterocycles. The van der Waals surface area contributed by atoms with Gasteiger partial charge in [-0.05, 0) is 7.05 Å². The van der Waals surface area contributed by atoms with Crippen molar-refractivity contribution in [3.63, 3.8) is 0 Å². The van der Waals surface area contributed by atoms with E-state index in [1.54, 1.807) is 19.2 Å². The number of nitrogens with one attached hydrogen (secondary N) is 1. The largest absolute Gasteiger partial charge is 0.368 e. The molecule has 0 aromatic carbocycles. The van der Waals surface area contributed by atoms with Gasteiger partial charge >= 0.3 is 0 Å². The van der Waals surface area contributed by atoms with Gasteiger partial charge in [-0.25, -0.2) is 0 Å². The van der Waals surface area contributed by atoms with E-state index in [9.17, 15) is 10.1 Å². The van der Waals surface area contributed by atoms with Gasteiger partial charge < -0.3 is 14.9 Å². The Bertz CT molecular complexity index is 340. The molecule has 0 aromatic heterocycles. The van der Waals surface area contributed by atoms with E-state index >= 15 is 0 Å². The molecule has 0 radical (unpaired) electrons. The Morgan fingerprint density at radius 3 is 2.94 bits per heavy atom. The first-order valence-corrected chi connectivity index (χ1v) is 5.22. The molecule has 96 valence electrons. The summed E-state index contributed by atoms with van der Waals surface area (Å²) in [7, 11) is 1.56. The highest BCUT2D eigenvalue weighted by Gasteiger charge is 2.42. The van der Waals surface area contributed by atoms with E-state index in [1.807, 2.05) is 0 Å². The minimum Gasteiger partial charge on any atom is -0.368 e. The number of nitrogens with zero attached hydrogens (tertiary/aromatic N) is 1. The molecule has 1 aliphatic carbocycles. The highest BCUT2D eigenvalue weighted by molar-refractivity contribution is 5.22. The predicted octanol–water partition coefficient (Wildman–Crippen LogP) is -0.260. The van der Waals surface area contributed by atoms with Crippen LogP contribution in [-0.2, 0) is 4.74 Å². The van der Waals surface area contributed by atoms with E-state index in [0.717, 1.165) is 0 Å². The third kappa shape index (κ3) is 3.34. The van der Waals surface area contributed by atoms with Gasteiger partial charge in [-0.2, -0.15) is 0 Å². The number of hydrogen-bond acceptors (Lipinski definition) is 6. The van der Waals surface area contributed by atoms with Crippen LogP contribution >= 0.6 is 0 Å². The zero-order chi connectivity index (χ0) is 12.9. The first-order chi connectivity index (χ1) is 8.02. The third-order valence-electron chi connectivity index (χ3n) is 2.53. The van der Waals surface area contributed by atoms with Crippen LogP contribution < -0.4 is 5.32 Å². The minimum absolute atomic E-state index is 0.00185. The van der Waals surface area contributed by atoms with Crippen molar-refractivity contribution in [1.29, 1.82) is 0 Å². The van der Waals surface area contributed by atoms with Gasteiger partial charge in [0.2, 0.25) is 5.72 Å². The van der Waals surface area contributed by atoms with Crippen LogP contribution in [0, 0.1) is 10.1 Å². The minimum atomic E-state index is -1.48. The highest BCUT2D eigenvalue weighted by Crippen LogP contribution is 2.27. The Labute approximate surface area is 98.5 Å². The Balaban J connectivity index is 2.76. The van der Waals surface area contributed by atoms with E-state index in [2.05, 4.69) is 5.32 Å². The third-order valence-corrected chi connectivity index (χ3v) is 2.53. The van der Waals surface area contributed by atoms with Crippen molar-refractivity contribution < 1.29 is 19.9 Å². The van der Waals surface area contributed by atoms with Crippen LogP contribution in [-0.4, -0.2) is 40.8 Å². The molecule has 0 fully saturated rings. The Hall–Kier alpha value is -1.28. The molecule has 0 heterocycles. The van der Waals surface area contributed by atoms with Crippen molar-refractivity contribution in [2.24, 2.45) is 0 Å². The Morgan fingerprint density at radius 2 is 2.41 bits per heavy atom. The molecule has 1 atom stereocenters. The number of hydrogen-bond donors (Lipinski definition) is 3. The van der Waals surface area contributed by atoms with E-state index in [0.29, 0.717) is 6.42 Å². The number of likely N-dealkylation sites (N-methyl/N-ethyl adjacent to an activating group) is 1. The summed E-state index contributed by atoms with van der Waals surface area (Å²) in [6.45, 7) is 0.0114.